The molecule has 0 aromatic heterocycles. The molecule has 0 bridgehead atoms. The van der Waals surface area contributed by atoms with Gasteiger partial charge < -0.3 is 10.6 Å². The maximum atomic E-state index is 6.24. The lowest BCUT2D eigenvalue weighted by Crippen LogP contribution is -2.61. The molecule has 1 fully saturated rings. The highest BCUT2D eigenvalue weighted by molar-refractivity contribution is 6.31. The van der Waals surface area contributed by atoms with E-state index in [-0.39, 0.29) is 5.54 Å². The van der Waals surface area contributed by atoms with Gasteiger partial charge in [-0.1, -0.05) is 36.7 Å². The Morgan fingerprint density at radius 1 is 1.33 bits per heavy atom. The summed E-state index contributed by atoms with van der Waals surface area (Å²) in [5.41, 5.74) is 1.21. The largest absolute Gasteiger partial charge is 0.368 e. The summed E-state index contributed by atoms with van der Waals surface area (Å²) < 4.78 is 0. The van der Waals surface area contributed by atoms with Gasteiger partial charge in [0.25, 0.3) is 0 Å². The highest BCUT2D eigenvalue weighted by Crippen LogP contribution is 2.33. The summed E-state index contributed by atoms with van der Waals surface area (Å²) in [6.45, 7) is 4.95. The van der Waals surface area contributed by atoms with Crippen molar-refractivity contribution in [1.29, 1.82) is 0 Å². The van der Waals surface area contributed by atoms with Crippen molar-refractivity contribution in [3.63, 3.8) is 0 Å². The first-order valence-electron chi connectivity index (χ1n) is 7.97. The molecule has 1 spiro atoms. The molecular weight excluding hydrogens is 282 g/mol. The SMILES string of the molecule is CC1CCC2(CC1)NCCN=C2NCc1ccccc1Cl. The Kier molecular flexibility index (Phi) is 4.51. The molecular formula is C17H24ClN3. The van der Waals surface area contributed by atoms with E-state index in [1.807, 2.05) is 18.2 Å². The van der Waals surface area contributed by atoms with E-state index in [0.717, 1.165) is 42.0 Å². The molecule has 0 amide bonds. The molecule has 3 rings (SSSR count). The van der Waals surface area contributed by atoms with E-state index in [2.05, 4.69) is 23.6 Å². The molecule has 1 aliphatic carbocycles. The second-order valence-corrected chi connectivity index (χ2v) is 6.77. The Hall–Kier alpha value is -1.06. The van der Waals surface area contributed by atoms with Crippen LogP contribution in [0.15, 0.2) is 29.3 Å². The van der Waals surface area contributed by atoms with Crippen LogP contribution in [0.2, 0.25) is 5.02 Å². The zero-order valence-corrected chi connectivity index (χ0v) is 13.4. The Morgan fingerprint density at radius 3 is 2.86 bits per heavy atom. The molecule has 1 aliphatic heterocycles. The first-order chi connectivity index (χ1) is 10.2. The highest BCUT2D eigenvalue weighted by atomic mass is 35.5. The monoisotopic (exact) mass is 305 g/mol. The molecule has 2 aliphatic rings. The maximum Gasteiger partial charge on any atom is 0.117 e. The summed E-state index contributed by atoms with van der Waals surface area (Å²) in [6, 6.07) is 8.01. The van der Waals surface area contributed by atoms with Gasteiger partial charge in [0.15, 0.2) is 0 Å². The van der Waals surface area contributed by atoms with Crippen LogP contribution in [-0.2, 0) is 6.54 Å². The zero-order chi connectivity index (χ0) is 14.7. The van der Waals surface area contributed by atoms with E-state index in [0.29, 0.717) is 0 Å². The molecule has 1 saturated carbocycles. The van der Waals surface area contributed by atoms with E-state index in [4.69, 9.17) is 16.6 Å². The van der Waals surface area contributed by atoms with Crippen LogP contribution >= 0.6 is 11.6 Å². The minimum absolute atomic E-state index is 0.0754. The van der Waals surface area contributed by atoms with E-state index >= 15 is 0 Å². The van der Waals surface area contributed by atoms with E-state index in [1.165, 1.54) is 25.7 Å². The number of nitrogens with one attached hydrogen (secondary N) is 2. The van der Waals surface area contributed by atoms with Gasteiger partial charge >= 0.3 is 0 Å². The Balaban J connectivity index is 1.71. The number of hydrogen-bond acceptors (Lipinski definition) is 3. The van der Waals surface area contributed by atoms with Crippen LogP contribution < -0.4 is 10.6 Å². The topological polar surface area (TPSA) is 36.4 Å². The summed E-state index contributed by atoms with van der Waals surface area (Å²) >= 11 is 6.24. The number of aliphatic imine (C=N–C) groups is 1. The van der Waals surface area contributed by atoms with Crippen molar-refractivity contribution in [2.24, 2.45) is 10.9 Å². The van der Waals surface area contributed by atoms with E-state index in [9.17, 15) is 0 Å². The first kappa shape index (κ1) is 14.9. The number of halogens is 1. The Labute approximate surface area is 132 Å². The van der Waals surface area contributed by atoms with Gasteiger partial charge in [-0.15, -0.1) is 0 Å². The molecule has 1 heterocycles. The fourth-order valence-electron chi connectivity index (χ4n) is 3.41. The summed E-state index contributed by atoms with van der Waals surface area (Å²) in [5.74, 6) is 1.98. The molecule has 2 N–H and O–H groups in total. The molecule has 0 unspecified atom stereocenters. The average molecular weight is 306 g/mol. The fourth-order valence-corrected chi connectivity index (χ4v) is 3.61. The highest BCUT2D eigenvalue weighted by Gasteiger charge is 2.39. The van der Waals surface area contributed by atoms with Crippen LogP contribution in [0, 0.1) is 5.92 Å². The van der Waals surface area contributed by atoms with Crippen molar-refractivity contribution in [3.05, 3.63) is 34.9 Å². The number of nitrogens with zero attached hydrogens (tertiary/aromatic N) is 1. The van der Waals surface area contributed by atoms with Gasteiger partial charge in [-0.25, -0.2) is 0 Å². The molecule has 3 nitrogen and oxygen atoms in total. The van der Waals surface area contributed by atoms with Crippen molar-refractivity contribution in [2.45, 2.75) is 44.7 Å². The lowest BCUT2D eigenvalue weighted by molar-refractivity contribution is 0.251. The van der Waals surface area contributed by atoms with Gasteiger partial charge in [-0.05, 0) is 43.2 Å². The molecule has 4 heteroatoms. The van der Waals surface area contributed by atoms with Crippen LogP contribution in [0.25, 0.3) is 0 Å². The normalized spacial score (nSPS) is 29.2. The quantitative estimate of drug-likeness (QED) is 0.879. The van der Waals surface area contributed by atoms with Crippen LogP contribution in [0.1, 0.15) is 38.2 Å². The van der Waals surface area contributed by atoms with Gasteiger partial charge in [0.2, 0.25) is 0 Å². The van der Waals surface area contributed by atoms with E-state index < -0.39 is 0 Å². The van der Waals surface area contributed by atoms with Crippen molar-refractivity contribution >= 4 is 17.4 Å². The van der Waals surface area contributed by atoms with Crippen molar-refractivity contribution in [3.8, 4) is 0 Å². The molecule has 0 saturated heterocycles. The molecule has 0 radical (unpaired) electrons. The van der Waals surface area contributed by atoms with Crippen molar-refractivity contribution in [2.75, 3.05) is 13.1 Å². The van der Waals surface area contributed by atoms with Crippen LogP contribution in [0.3, 0.4) is 0 Å². The lowest BCUT2D eigenvalue weighted by Gasteiger charge is -2.43. The van der Waals surface area contributed by atoms with Gasteiger partial charge in [0.05, 0.1) is 12.1 Å². The second-order valence-electron chi connectivity index (χ2n) is 6.37. The number of hydrogen-bond donors (Lipinski definition) is 2. The fraction of sp³-hybridized carbons (Fsp3) is 0.588. The molecule has 1 aromatic carbocycles. The van der Waals surface area contributed by atoms with Crippen LogP contribution in [0.4, 0.5) is 0 Å². The Bertz CT molecular complexity index is 519. The zero-order valence-electron chi connectivity index (χ0n) is 12.7. The molecule has 0 atom stereocenters. The smallest absolute Gasteiger partial charge is 0.117 e. The number of rotatable bonds is 2. The predicted octanol–water partition coefficient (Wildman–Crippen LogP) is 3.38. The maximum absolute atomic E-state index is 6.24. The van der Waals surface area contributed by atoms with Gasteiger partial charge in [-0.2, -0.15) is 0 Å². The minimum atomic E-state index is 0.0754. The van der Waals surface area contributed by atoms with Gasteiger partial charge in [-0.3, -0.25) is 4.99 Å². The number of amidine groups is 1. The second kappa shape index (κ2) is 6.37. The lowest BCUT2D eigenvalue weighted by atomic mass is 9.75. The molecule has 114 valence electrons. The van der Waals surface area contributed by atoms with E-state index in [1.54, 1.807) is 0 Å². The minimum Gasteiger partial charge on any atom is -0.368 e. The number of benzene rings is 1. The third kappa shape index (κ3) is 3.24. The summed E-state index contributed by atoms with van der Waals surface area (Å²) in [7, 11) is 0. The summed E-state index contributed by atoms with van der Waals surface area (Å²) in [5, 5.41) is 8.11. The molecule has 21 heavy (non-hydrogen) atoms. The standard InChI is InChI=1S/C17H24ClN3/c1-13-6-8-17(9-7-13)16(19-10-11-21-17)20-12-14-4-2-3-5-15(14)18/h2-5,13,21H,6-12H2,1H3,(H,19,20). The average Bonchev–Trinajstić information content (AvgIpc) is 2.51. The molecule has 1 aromatic rings. The third-order valence-electron chi connectivity index (χ3n) is 4.83. The Morgan fingerprint density at radius 2 is 2.10 bits per heavy atom. The van der Waals surface area contributed by atoms with Gasteiger partial charge in [0.1, 0.15) is 5.84 Å². The van der Waals surface area contributed by atoms with Crippen LogP contribution in [-0.4, -0.2) is 24.5 Å². The third-order valence-corrected chi connectivity index (χ3v) is 5.20. The van der Waals surface area contributed by atoms with Crippen molar-refractivity contribution < 1.29 is 0 Å². The van der Waals surface area contributed by atoms with Gasteiger partial charge in [0, 0.05) is 18.1 Å². The predicted molar refractivity (Wildman–Crippen MR) is 89.0 cm³/mol. The summed E-state index contributed by atoms with van der Waals surface area (Å²) in [6.07, 6.45) is 4.92. The van der Waals surface area contributed by atoms with Crippen molar-refractivity contribution in [1.82, 2.24) is 10.6 Å². The first-order valence-corrected chi connectivity index (χ1v) is 8.35. The van der Waals surface area contributed by atoms with Crippen LogP contribution in [0.5, 0.6) is 0 Å². The summed E-state index contributed by atoms with van der Waals surface area (Å²) in [4.78, 5) is 4.78.